The van der Waals surface area contributed by atoms with Crippen LogP contribution in [-0.2, 0) is 6.42 Å². The molecule has 0 bridgehead atoms. The molecule has 0 aliphatic carbocycles. The van der Waals surface area contributed by atoms with Gasteiger partial charge in [0.15, 0.2) is 0 Å². The van der Waals surface area contributed by atoms with Crippen LogP contribution in [0, 0.1) is 5.92 Å². The summed E-state index contributed by atoms with van der Waals surface area (Å²) < 4.78 is 0. The number of amides is 1. The number of carbonyl (C=O) groups excluding carboxylic acids is 1. The van der Waals surface area contributed by atoms with Crippen LogP contribution in [0.1, 0.15) is 46.8 Å². The van der Waals surface area contributed by atoms with E-state index < -0.39 is 0 Å². The Kier molecular flexibility index (Phi) is 4.05. The number of rotatable bonds is 1. The highest BCUT2D eigenvalue weighted by Gasteiger charge is 2.43. The summed E-state index contributed by atoms with van der Waals surface area (Å²) in [6, 6.07) is 19.6. The molecule has 2 aromatic carbocycles. The van der Waals surface area contributed by atoms with E-state index in [4.69, 9.17) is 0 Å². The van der Waals surface area contributed by atoms with Gasteiger partial charge >= 0.3 is 0 Å². The summed E-state index contributed by atoms with van der Waals surface area (Å²) in [5, 5.41) is 0. The van der Waals surface area contributed by atoms with Gasteiger partial charge in [0.2, 0.25) is 0 Å². The van der Waals surface area contributed by atoms with Crippen molar-refractivity contribution in [3.05, 3.63) is 71.3 Å². The van der Waals surface area contributed by atoms with Crippen LogP contribution in [0.4, 0.5) is 0 Å². The van der Waals surface area contributed by atoms with E-state index in [1.807, 2.05) is 30.3 Å². The zero-order valence-electron chi connectivity index (χ0n) is 15.2. The first-order chi connectivity index (χ1) is 12.8. The summed E-state index contributed by atoms with van der Waals surface area (Å²) >= 11 is 0. The van der Waals surface area contributed by atoms with Crippen molar-refractivity contribution in [2.45, 2.75) is 37.8 Å². The maximum absolute atomic E-state index is 13.2. The Morgan fingerprint density at radius 2 is 1.77 bits per heavy atom. The molecule has 3 nitrogen and oxygen atoms in total. The number of hydrogen-bond donors (Lipinski definition) is 0. The SMILES string of the molecule is O=C(c1ccccc1)N1CCCC2CN3CCc4ccccc4C3CC21. The second-order valence-electron chi connectivity index (χ2n) is 8.03. The van der Waals surface area contributed by atoms with Gasteiger partial charge in [-0.2, -0.15) is 0 Å². The third-order valence-electron chi connectivity index (χ3n) is 6.66. The molecule has 3 aliphatic rings. The van der Waals surface area contributed by atoms with Crippen molar-refractivity contribution >= 4 is 5.91 Å². The van der Waals surface area contributed by atoms with Crippen LogP contribution in [0.3, 0.4) is 0 Å². The maximum Gasteiger partial charge on any atom is 0.254 e. The maximum atomic E-state index is 13.2. The van der Waals surface area contributed by atoms with Gasteiger partial charge in [0.1, 0.15) is 0 Å². The molecule has 0 N–H and O–H groups in total. The summed E-state index contributed by atoms with van der Waals surface area (Å²) in [5.74, 6) is 0.843. The fourth-order valence-electron chi connectivity index (χ4n) is 5.40. The van der Waals surface area contributed by atoms with Crippen molar-refractivity contribution < 1.29 is 4.79 Å². The molecule has 2 aromatic rings. The van der Waals surface area contributed by atoms with Crippen LogP contribution in [0.25, 0.3) is 0 Å². The summed E-state index contributed by atoms with van der Waals surface area (Å²) in [6.07, 6.45) is 4.64. The standard InChI is InChI=1S/C23H26N2O/c26-23(18-8-2-1-3-9-18)25-13-6-10-19-16-24-14-12-17-7-4-5-11-20(17)22(24)15-21(19)25/h1-5,7-9,11,19,21-22H,6,10,12-16H2. The fraction of sp³-hybridized carbons (Fsp3) is 0.435. The van der Waals surface area contributed by atoms with Gasteiger partial charge in [-0.15, -0.1) is 0 Å². The van der Waals surface area contributed by atoms with E-state index in [-0.39, 0.29) is 5.91 Å². The van der Waals surface area contributed by atoms with Gasteiger partial charge < -0.3 is 4.90 Å². The fourth-order valence-corrected chi connectivity index (χ4v) is 5.40. The Labute approximate surface area is 155 Å². The Bertz CT molecular complexity index is 803. The molecule has 0 radical (unpaired) electrons. The molecular weight excluding hydrogens is 320 g/mol. The highest BCUT2D eigenvalue weighted by molar-refractivity contribution is 5.94. The van der Waals surface area contributed by atoms with E-state index in [2.05, 4.69) is 34.1 Å². The van der Waals surface area contributed by atoms with Crippen LogP contribution in [-0.4, -0.2) is 41.4 Å². The van der Waals surface area contributed by atoms with Gasteiger partial charge in [-0.05, 0) is 54.9 Å². The molecule has 0 saturated carbocycles. The summed E-state index contributed by atoms with van der Waals surface area (Å²) in [4.78, 5) is 18.0. The smallest absolute Gasteiger partial charge is 0.254 e. The lowest BCUT2D eigenvalue weighted by atomic mass is 9.76. The van der Waals surface area contributed by atoms with Crippen molar-refractivity contribution in [2.24, 2.45) is 5.92 Å². The monoisotopic (exact) mass is 346 g/mol. The third kappa shape index (κ3) is 2.66. The van der Waals surface area contributed by atoms with E-state index in [1.165, 1.54) is 17.5 Å². The Balaban J connectivity index is 1.45. The molecule has 5 rings (SSSR count). The Hall–Kier alpha value is -2.13. The molecule has 0 spiro atoms. The Morgan fingerprint density at radius 3 is 2.65 bits per heavy atom. The Morgan fingerprint density at radius 1 is 0.962 bits per heavy atom. The lowest BCUT2D eigenvalue weighted by Gasteiger charge is -2.52. The zero-order valence-corrected chi connectivity index (χ0v) is 15.2. The first-order valence-corrected chi connectivity index (χ1v) is 9.99. The molecule has 26 heavy (non-hydrogen) atoms. The minimum Gasteiger partial charge on any atom is -0.335 e. The molecule has 1 amide bonds. The van der Waals surface area contributed by atoms with Gasteiger partial charge in [0, 0.05) is 37.3 Å². The number of likely N-dealkylation sites (tertiary alicyclic amines) is 1. The number of hydrogen-bond acceptors (Lipinski definition) is 2. The van der Waals surface area contributed by atoms with E-state index in [9.17, 15) is 4.79 Å². The number of benzene rings is 2. The van der Waals surface area contributed by atoms with E-state index in [1.54, 1.807) is 0 Å². The average Bonchev–Trinajstić information content (AvgIpc) is 2.72. The van der Waals surface area contributed by atoms with E-state index in [0.717, 1.165) is 44.5 Å². The van der Waals surface area contributed by atoms with Gasteiger partial charge in [-0.25, -0.2) is 0 Å². The number of fused-ring (bicyclic) bond motifs is 4. The minimum atomic E-state index is 0.220. The molecule has 3 aliphatic heterocycles. The highest BCUT2D eigenvalue weighted by atomic mass is 16.2. The van der Waals surface area contributed by atoms with Crippen molar-refractivity contribution in [1.29, 1.82) is 0 Å². The predicted octanol–water partition coefficient (Wildman–Crippen LogP) is 3.91. The quantitative estimate of drug-likeness (QED) is 0.782. The third-order valence-corrected chi connectivity index (χ3v) is 6.66. The molecule has 3 heterocycles. The predicted molar refractivity (Wildman–Crippen MR) is 103 cm³/mol. The first-order valence-electron chi connectivity index (χ1n) is 9.99. The lowest BCUT2D eigenvalue weighted by Crippen LogP contribution is -2.57. The van der Waals surface area contributed by atoms with Gasteiger partial charge in [-0.1, -0.05) is 42.5 Å². The largest absolute Gasteiger partial charge is 0.335 e. The molecular formula is C23H26N2O. The summed E-state index contributed by atoms with van der Waals surface area (Å²) in [5.41, 5.74) is 3.83. The molecule has 0 aromatic heterocycles. The highest BCUT2D eigenvalue weighted by Crippen LogP contribution is 2.43. The molecule has 3 atom stereocenters. The summed E-state index contributed by atoms with van der Waals surface area (Å²) in [6.45, 7) is 3.21. The van der Waals surface area contributed by atoms with E-state index in [0.29, 0.717) is 18.0 Å². The summed E-state index contributed by atoms with van der Waals surface area (Å²) in [7, 11) is 0. The number of carbonyl (C=O) groups is 1. The normalized spacial score (nSPS) is 28.0. The van der Waals surface area contributed by atoms with Crippen LogP contribution < -0.4 is 0 Å². The van der Waals surface area contributed by atoms with Crippen LogP contribution in [0.5, 0.6) is 0 Å². The molecule has 3 heteroatoms. The van der Waals surface area contributed by atoms with Gasteiger partial charge in [-0.3, -0.25) is 9.69 Å². The van der Waals surface area contributed by atoms with Crippen molar-refractivity contribution in [1.82, 2.24) is 9.80 Å². The first kappa shape index (κ1) is 16.1. The van der Waals surface area contributed by atoms with Gasteiger partial charge in [0.25, 0.3) is 5.91 Å². The van der Waals surface area contributed by atoms with Crippen molar-refractivity contribution in [3.63, 3.8) is 0 Å². The van der Waals surface area contributed by atoms with E-state index >= 15 is 0 Å². The number of piperidine rings is 2. The minimum absolute atomic E-state index is 0.220. The molecule has 2 saturated heterocycles. The number of nitrogens with zero attached hydrogens (tertiary/aromatic N) is 2. The topological polar surface area (TPSA) is 23.6 Å². The second kappa shape index (κ2) is 6.55. The molecule has 134 valence electrons. The van der Waals surface area contributed by atoms with Crippen molar-refractivity contribution in [2.75, 3.05) is 19.6 Å². The van der Waals surface area contributed by atoms with Gasteiger partial charge in [0.05, 0.1) is 0 Å². The van der Waals surface area contributed by atoms with Crippen LogP contribution in [0.2, 0.25) is 0 Å². The average molecular weight is 346 g/mol. The lowest BCUT2D eigenvalue weighted by molar-refractivity contribution is -0.00579. The molecule has 2 fully saturated rings. The van der Waals surface area contributed by atoms with Crippen LogP contribution in [0.15, 0.2) is 54.6 Å². The zero-order chi connectivity index (χ0) is 17.5. The van der Waals surface area contributed by atoms with Crippen LogP contribution >= 0.6 is 0 Å². The van der Waals surface area contributed by atoms with Crippen molar-refractivity contribution in [3.8, 4) is 0 Å². The second-order valence-corrected chi connectivity index (χ2v) is 8.03. The molecule has 3 unspecified atom stereocenters.